The third kappa shape index (κ3) is 2.56. The van der Waals surface area contributed by atoms with Gasteiger partial charge in [0.15, 0.2) is 0 Å². The zero-order chi connectivity index (χ0) is 13.2. The Hall–Kier alpha value is -1.62. The van der Waals surface area contributed by atoms with Crippen molar-refractivity contribution in [1.82, 2.24) is 15.3 Å². The highest BCUT2D eigenvalue weighted by Crippen LogP contribution is 2.32. The maximum Gasteiger partial charge on any atom is 0.252 e. The summed E-state index contributed by atoms with van der Waals surface area (Å²) >= 11 is 1.73. The van der Waals surface area contributed by atoms with Crippen molar-refractivity contribution in [2.24, 2.45) is 5.92 Å². The van der Waals surface area contributed by atoms with Gasteiger partial charge in [-0.25, -0.2) is 4.98 Å². The first kappa shape index (κ1) is 12.4. The van der Waals surface area contributed by atoms with Gasteiger partial charge in [-0.2, -0.15) is 0 Å². The summed E-state index contributed by atoms with van der Waals surface area (Å²) in [6.07, 6.45) is 6.69. The number of imidazole rings is 1. The summed E-state index contributed by atoms with van der Waals surface area (Å²) in [5.74, 6) is 0.772. The number of rotatable bonds is 3. The zero-order valence-corrected chi connectivity index (χ0v) is 11.7. The Morgan fingerprint density at radius 1 is 1.63 bits per heavy atom. The fraction of sp³-hybridized carbons (Fsp3) is 0.429. The number of amides is 1. The third-order valence-corrected chi connectivity index (χ3v) is 4.69. The molecule has 3 rings (SSSR count). The van der Waals surface area contributed by atoms with Gasteiger partial charge in [-0.05, 0) is 30.7 Å². The molecule has 2 heterocycles. The fourth-order valence-electron chi connectivity index (χ4n) is 2.52. The van der Waals surface area contributed by atoms with Crippen molar-refractivity contribution in [1.29, 1.82) is 0 Å². The summed E-state index contributed by atoms with van der Waals surface area (Å²) in [5.41, 5.74) is 3.06. The van der Waals surface area contributed by atoms with Crippen LogP contribution in [0.25, 0.3) is 0 Å². The van der Waals surface area contributed by atoms with Crippen LogP contribution in [0.4, 0.5) is 0 Å². The molecule has 0 aromatic carbocycles. The van der Waals surface area contributed by atoms with Crippen LogP contribution < -0.4 is 5.32 Å². The van der Waals surface area contributed by atoms with E-state index in [4.69, 9.17) is 0 Å². The van der Waals surface area contributed by atoms with Crippen molar-refractivity contribution in [2.45, 2.75) is 32.7 Å². The van der Waals surface area contributed by atoms with Gasteiger partial charge in [-0.15, -0.1) is 11.3 Å². The molecule has 2 N–H and O–H groups in total. The number of nitrogens with zero attached hydrogens (tertiary/aromatic N) is 1. The first-order chi connectivity index (χ1) is 9.24. The fourth-order valence-corrected chi connectivity index (χ4v) is 3.76. The van der Waals surface area contributed by atoms with Crippen LogP contribution in [0.5, 0.6) is 0 Å². The SMILES string of the molecule is CC1CCc2c(C(=O)NCc3cnc[nH]3)csc2C1. The highest BCUT2D eigenvalue weighted by atomic mass is 32.1. The summed E-state index contributed by atoms with van der Waals surface area (Å²) in [4.78, 5) is 20.5. The van der Waals surface area contributed by atoms with E-state index >= 15 is 0 Å². The molecule has 0 aliphatic heterocycles. The Morgan fingerprint density at radius 2 is 2.53 bits per heavy atom. The van der Waals surface area contributed by atoms with Crippen molar-refractivity contribution in [3.8, 4) is 0 Å². The van der Waals surface area contributed by atoms with E-state index in [-0.39, 0.29) is 5.91 Å². The molecule has 0 radical (unpaired) electrons. The minimum absolute atomic E-state index is 0.0293. The van der Waals surface area contributed by atoms with Gasteiger partial charge >= 0.3 is 0 Å². The van der Waals surface area contributed by atoms with Gasteiger partial charge < -0.3 is 10.3 Å². The van der Waals surface area contributed by atoms with E-state index in [1.165, 1.54) is 16.9 Å². The Kier molecular flexibility index (Phi) is 3.38. The van der Waals surface area contributed by atoms with E-state index < -0.39 is 0 Å². The predicted molar refractivity (Wildman–Crippen MR) is 75.3 cm³/mol. The lowest BCUT2D eigenvalue weighted by molar-refractivity contribution is 0.0949. The molecule has 0 spiro atoms. The van der Waals surface area contributed by atoms with Crippen molar-refractivity contribution < 1.29 is 4.79 Å². The van der Waals surface area contributed by atoms with Gasteiger partial charge in [0.1, 0.15) is 0 Å². The van der Waals surface area contributed by atoms with Crippen LogP contribution in [0.3, 0.4) is 0 Å². The lowest BCUT2D eigenvalue weighted by Crippen LogP contribution is -2.24. The van der Waals surface area contributed by atoms with Crippen LogP contribution in [0.15, 0.2) is 17.9 Å². The smallest absolute Gasteiger partial charge is 0.252 e. The van der Waals surface area contributed by atoms with Crippen LogP contribution in [0.1, 0.15) is 39.8 Å². The molecule has 2 aromatic heterocycles. The van der Waals surface area contributed by atoms with E-state index in [0.29, 0.717) is 6.54 Å². The lowest BCUT2D eigenvalue weighted by Gasteiger charge is -2.18. The number of H-pyrrole nitrogens is 1. The van der Waals surface area contributed by atoms with Crippen molar-refractivity contribution in [3.05, 3.63) is 39.6 Å². The molecule has 4 nitrogen and oxygen atoms in total. The minimum Gasteiger partial charge on any atom is -0.347 e. The van der Waals surface area contributed by atoms with E-state index in [2.05, 4.69) is 22.2 Å². The Bertz CT molecular complexity index is 574. The molecule has 1 atom stereocenters. The highest BCUT2D eigenvalue weighted by Gasteiger charge is 2.22. The number of carbonyl (C=O) groups is 1. The average molecular weight is 275 g/mol. The molecule has 1 aliphatic carbocycles. The molecular formula is C14H17N3OS. The number of fused-ring (bicyclic) bond motifs is 1. The molecule has 0 fully saturated rings. The molecule has 0 saturated heterocycles. The first-order valence-corrected chi connectivity index (χ1v) is 7.46. The number of aromatic nitrogens is 2. The Labute approximate surface area is 116 Å². The summed E-state index contributed by atoms with van der Waals surface area (Å²) in [6.45, 7) is 2.78. The number of aromatic amines is 1. The first-order valence-electron chi connectivity index (χ1n) is 6.58. The van der Waals surface area contributed by atoms with Gasteiger partial charge in [0.2, 0.25) is 0 Å². The second-order valence-electron chi connectivity index (χ2n) is 5.16. The Morgan fingerprint density at radius 3 is 3.32 bits per heavy atom. The van der Waals surface area contributed by atoms with Gasteiger partial charge in [0.25, 0.3) is 5.91 Å². The standard InChI is InChI=1S/C14H17N3OS/c1-9-2-3-11-12(7-19-13(11)4-9)14(18)16-6-10-5-15-8-17-10/h5,7-9H,2-4,6H2,1H3,(H,15,17)(H,16,18). The average Bonchev–Trinajstić information content (AvgIpc) is 3.04. The van der Waals surface area contributed by atoms with E-state index in [0.717, 1.165) is 30.0 Å². The van der Waals surface area contributed by atoms with Crippen LogP contribution in [-0.2, 0) is 19.4 Å². The normalized spacial score (nSPS) is 18.1. The van der Waals surface area contributed by atoms with Crippen LogP contribution in [0, 0.1) is 5.92 Å². The molecule has 100 valence electrons. The van der Waals surface area contributed by atoms with Crippen LogP contribution in [-0.4, -0.2) is 15.9 Å². The van der Waals surface area contributed by atoms with Crippen LogP contribution >= 0.6 is 11.3 Å². The van der Waals surface area contributed by atoms with Gasteiger partial charge in [0, 0.05) is 16.5 Å². The maximum absolute atomic E-state index is 12.2. The minimum atomic E-state index is 0.0293. The monoisotopic (exact) mass is 275 g/mol. The topological polar surface area (TPSA) is 57.8 Å². The molecule has 5 heteroatoms. The van der Waals surface area contributed by atoms with Crippen molar-refractivity contribution in [2.75, 3.05) is 0 Å². The summed E-state index contributed by atoms with van der Waals surface area (Å²) in [5, 5.41) is 4.95. The largest absolute Gasteiger partial charge is 0.347 e. The molecule has 0 bridgehead atoms. The lowest BCUT2D eigenvalue weighted by atomic mass is 9.88. The highest BCUT2D eigenvalue weighted by molar-refractivity contribution is 7.10. The summed E-state index contributed by atoms with van der Waals surface area (Å²) in [6, 6.07) is 0. The van der Waals surface area contributed by atoms with Gasteiger partial charge in [-0.3, -0.25) is 4.79 Å². The number of hydrogen-bond donors (Lipinski definition) is 2. The van der Waals surface area contributed by atoms with Gasteiger partial charge in [0.05, 0.1) is 24.1 Å². The number of hydrogen-bond acceptors (Lipinski definition) is 3. The third-order valence-electron chi connectivity index (χ3n) is 3.64. The van der Waals surface area contributed by atoms with E-state index in [1.807, 2.05) is 5.38 Å². The van der Waals surface area contributed by atoms with Crippen molar-refractivity contribution in [3.63, 3.8) is 0 Å². The number of carbonyl (C=O) groups excluding carboxylic acids is 1. The predicted octanol–water partition coefficient (Wildman–Crippen LogP) is 2.53. The van der Waals surface area contributed by atoms with Crippen LogP contribution in [0.2, 0.25) is 0 Å². The molecular weight excluding hydrogens is 258 g/mol. The number of thiophene rings is 1. The molecule has 19 heavy (non-hydrogen) atoms. The molecule has 0 saturated carbocycles. The molecule has 1 aliphatic rings. The molecule has 2 aromatic rings. The maximum atomic E-state index is 12.2. The van der Waals surface area contributed by atoms with Gasteiger partial charge in [-0.1, -0.05) is 6.92 Å². The second-order valence-corrected chi connectivity index (χ2v) is 6.12. The van der Waals surface area contributed by atoms with E-state index in [1.54, 1.807) is 23.9 Å². The van der Waals surface area contributed by atoms with E-state index in [9.17, 15) is 4.79 Å². The summed E-state index contributed by atoms with van der Waals surface area (Å²) in [7, 11) is 0. The molecule has 1 amide bonds. The number of nitrogens with one attached hydrogen (secondary N) is 2. The van der Waals surface area contributed by atoms with Crippen molar-refractivity contribution >= 4 is 17.2 Å². The molecule has 1 unspecified atom stereocenters. The summed E-state index contributed by atoms with van der Waals surface area (Å²) < 4.78 is 0. The quantitative estimate of drug-likeness (QED) is 0.904. The second kappa shape index (κ2) is 5.17. The Balaban J connectivity index is 1.70. The zero-order valence-electron chi connectivity index (χ0n) is 10.9.